The van der Waals surface area contributed by atoms with Gasteiger partial charge in [0, 0.05) is 32.7 Å². The van der Waals surface area contributed by atoms with Crippen LogP contribution < -0.4 is 10.1 Å². The molecule has 0 aliphatic carbocycles. The second kappa shape index (κ2) is 9.49. The molecule has 0 aromatic heterocycles. The molecule has 0 spiro atoms. The molecule has 1 heterocycles. The zero-order valence-electron chi connectivity index (χ0n) is 14.7. The Balaban J connectivity index is 1.81. The van der Waals surface area contributed by atoms with Crippen molar-refractivity contribution in [3.63, 3.8) is 0 Å². The number of β-amino-alcohol motifs (C(OH)–C–C–N with tert-alkyl or cyclic N) is 1. The van der Waals surface area contributed by atoms with Crippen LogP contribution in [0.2, 0.25) is 0 Å². The summed E-state index contributed by atoms with van der Waals surface area (Å²) < 4.78 is 5.58. The zero-order valence-corrected chi connectivity index (χ0v) is 14.7. The van der Waals surface area contributed by atoms with Crippen molar-refractivity contribution in [2.24, 2.45) is 0 Å². The van der Waals surface area contributed by atoms with Gasteiger partial charge in [0.25, 0.3) is 0 Å². The zero-order chi connectivity index (χ0) is 17.4. The van der Waals surface area contributed by atoms with Gasteiger partial charge in [0.2, 0.25) is 0 Å². The normalized spacial score (nSPS) is 16.7. The second-order valence-corrected chi connectivity index (χ2v) is 6.14. The fourth-order valence-electron chi connectivity index (χ4n) is 2.75. The molecule has 2 amide bonds. The van der Waals surface area contributed by atoms with Crippen molar-refractivity contribution >= 4 is 6.03 Å². The Morgan fingerprint density at radius 1 is 1.25 bits per heavy atom. The van der Waals surface area contributed by atoms with E-state index in [-0.39, 0.29) is 18.7 Å². The standard InChI is InChI=1S/C18H29N3O3/c1-3-14-24-17-6-4-16(5-7-17)15(2)19-18(23)21-10-8-20(9-11-21)12-13-22/h4-7,15,22H,3,8-14H2,1-2H3,(H,19,23)/t15-/m0/s1. The number of nitrogens with zero attached hydrogens (tertiary/aromatic N) is 2. The van der Waals surface area contributed by atoms with E-state index in [2.05, 4.69) is 17.1 Å². The molecule has 1 aromatic carbocycles. The van der Waals surface area contributed by atoms with E-state index >= 15 is 0 Å². The predicted molar refractivity (Wildman–Crippen MR) is 94.3 cm³/mol. The number of ether oxygens (including phenoxy) is 1. The highest BCUT2D eigenvalue weighted by atomic mass is 16.5. The van der Waals surface area contributed by atoms with E-state index in [0.29, 0.717) is 26.2 Å². The molecule has 1 fully saturated rings. The van der Waals surface area contributed by atoms with Crippen LogP contribution in [0.1, 0.15) is 31.9 Å². The highest BCUT2D eigenvalue weighted by Gasteiger charge is 2.21. The molecule has 1 saturated heterocycles. The molecule has 1 aliphatic heterocycles. The number of urea groups is 1. The summed E-state index contributed by atoms with van der Waals surface area (Å²) in [5.41, 5.74) is 1.06. The molecule has 2 N–H and O–H groups in total. The Labute approximate surface area is 144 Å². The molecule has 0 unspecified atom stereocenters. The second-order valence-electron chi connectivity index (χ2n) is 6.14. The fraction of sp³-hybridized carbons (Fsp3) is 0.611. The quantitative estimate of drug-likeness (QED) is 0.798. The van der Waals surface area contributed by atoms with Crippen LogP contribution in [0.5, 0.6) is 5.75 Å². The van der Waals surface area contributed by atoms with E-state index in [1.54, 1.807) is 0 Å². The van der Waals surface area contributed by atoms with Gasteiger partial charge in [0.15, 0.2) is 0 Å². The first-order valence-electron chi connectivity index (χ1n) is 8.75. The van der Waals surface area contributed by atoms with Gasteiger partial charge in [-0.2, -0.15) is 0 Å². The van der Waals surface area contributed by atoms with Crippen LogP contribution in [0.15, 0.2) is 24.3 Å². The number of hydrogen-bond donors (Lipinski definition) is 2. The average molecular weight is 335 g/mol. The molecule has 1 atom stereocenters. The first-order valence-corrected chi connectivity index (χ1v) is 8.75. The summed E-state index contributed by atoms with van der Waals surface area (Å²) in [6.45, 7) is 8.65. The summed E-state index contributed by atoms with van der Waals surface area (Å²) in [4.78, 5) is 16.4. The van der Waals surface area contributed by atoms with Crippen molar-refractivity contribution in [1.29, 1.82) is 0 Å². The Morgan fingerprint density at radius 3 is 2.50 bits per heavy atom. The van der Waals surface area contributed by atoms with Crippen LogP contribution in [-0.2, 0) is 0 Å². The molecule has 6 nitrogen and oxygen atoms in total. The lowest BCUT2D eigenvalue weighted by Gasteiger charge is -2.35. The minimum absolute atomic E-state index is 0.0301. The van der Waals surface area contributed by atoms with E-state index < -0.39 is 0 Å². The van der Waals surface area contributed by atoms with Gasteiger partial charge in [0.1, 0.15) is 5.75 Å². The minimum Gasteiger partial charge on any atom is -0.494 e. The summed E-state index contributed by atoms with van der Waals surface area (Å²) >= 11 is 0. The summed E-state index contributed by atoms with van der Waals surface area (Å²) in [5.74, 6) is 0.860. The number of benzene rings is 1. The molecule has 0 bridgehead atoms. The van der Waals surface area contributed by atoms with E-state index in [9.17, 15) is 4.79 Å². The number of piperazine rings is 1. The van der Waals surface area contributed by atoms with Gasteiger partial charge < -0.3 is 20.1 Å². The van der Waals surface area contributed by atoms with Gasteiger partial charge in [0.05, 0.1) is 19.3 Å². The van der Waals surface area contributed by atoms with Crippen molar-refractivity contribution in [1.82, 2.24) is 15.1 Å². The van der Waals surface area contributed by atoms with E-state index in [1.807, 2.05) is 36.1 Å². The molecule has 1 aliphatic rings. The number of aliphatic hydroxyl groups excluding tert-OH is 1. The Hall–Kier alpha value is -1.79. The third kappa shape index (κ3) is 5.39. The number of hydrogen-bond acceptors (Lipinski definition) is 4. The van der Waals surface area contributed by atoms with Gasteiger partial charge in [-0.3, -0.25) is 4.90 Å². The Kier molecular flexibility index (Phi) is 7.34. The molecule has 24 heavy (non-hydrogen) atoms. The summed E-state index contributed by atoms with van der Waals surface area (Å²) in [7, 11) is 0. The Bertz CT molecular complexity index is 499. The molecule has 6 heteroatoms. The van der Waals surface area contributed by atoms with Crippen molar-refractivity contribution in [2.75, 3.05) is 45.9 Å². The van der Waals surface area contributed by atoms with Crippen LogP contribution in [0.3, 0.4) is 0 Å². The summed E-state index contributed by atoms with van der Waals surface area (Å²) in [5, 5.41) is 12.0. The summed E-state index contributed by atoms with van der Waals surface area (Å²) in [6, 6.07) is 7.80. The molecular weight excluding hydrogens is 306 g/mol. The van der Waals surface area contributed by atoms with Crippen LogP contribution in [-0.4, -0.2) is 66.9 Å². The maximum absolute atomic E-state index is 12.4. The Morgan fingerprint density at radius 2 is 1.92 bits per heavy atom. The number of carbonyl (C=O) groups is 1. The molecule has 2 rings (SSSR count). The van der Waals surface area contributed by atoms with Gasteiger partial charge >= 0.3 is 6.03 Å². The third-order valence-electron chi connectivity index (χ3n) is 4.27. The smallest absolute Gasteiger partial charge is 0.317 e. The molecule has 1 aromatic rings. The third-order valence-corrected chi connectivity index (χ3v) is 4.27. The molecule has 0 radical (unpaired) electrons. The van der Waals surface area contributed by atoms with Gasteiger partial charge in [-0.1, -0.05) is 19.1 Å². The predicted octanol–water partition coefficient (Wildman–Crippen LogP) is 1.86. The largest absolute Gasteiger partial charge is 0.494 e. The number of amides is 2. The average Bonchev–Trinajstić information content (AvgIpc) is 2.61. The van der Waals surface area contributed by atoms with Crippen molar-refractivity contribution in [2.45, 2.75) is 26.3 Å². The fourth-order valence-corrected chi connectivity index (χ4v) is 2.75. The topological polar surface area (TPSA) is 65.0 Å². The number of aliphatic hydroxyl groups is 1. The van der Waals surface area contributed by atoms with E-state index in [0.717, 1.165) is 30.8 Å². The number of nitrogens with one attached hydrogen (secondary N) is 1. The molecule has 0 saturated carbocycles. The first kappa shape index (κ1) is 18.5. The lowest BCUT2D eigenvalue weighted by molar-refractivity contribution is 0.121. The van der Waals surface area contributed by atoms with Crippen molar-refractivity contribution in [3.8, 4) is 5.75 Å². The van der Waals surface area contributed by atoms with Crippen LogP contribution in [0.4, 0.5) is 4.79 Å². The van der Waals surface area contributed by atoms with Crippen molar-refractivity contribution < 1.29 is 14.6 Å². The van der Waals surface area contributed by atoms with E-state index in [4.69, 9.17) is 9.84 Å². The van der Waals surface area contributed by atoms with Crippen LogP contribution in [0.25, 0.3) is 0 Å². The lowest BCUT2D eigenvalue weighted by atomic mass is 10.1. The maximum atomic E-state index is 12.4. The highest BCUT2D eigenvalue weighted by molar-refractivity contribution is 5.74. The lowest BCUT2D eigenvalue weighted by Crippen LogP contribution is -2.52. The molecule has 134 valence electrons. The SMILES string of the molecule is CCCOc1ccc([C@H](C)NC(=O)N2CCN(CCO)CC2)cc1. The maximum Gasteiger partial charge on any atom is 0.317 e. The summed E-state index contributed by atoms with van der Waals surface area (Å²) in [6.07, 6.45) is 0.986. The first-order chi connectivity index (χ1) is 11.6. The van der Waals surface area contributed by atoms with Crippen molar-refractivity contribution in [3.05, 3.63) is 29.8 Å². The van der Waals surface area contributed by atoms with Gasteiger partial charge in [-0.15, -0.1) is 0 Å². The number of carbonyl (C=O) groups excluding carboxylic acids is 1. The number of rotatable bonds is 7. The van der Waals surface area contributed by atoms with Crippen LogP contribution in [0, 0.1) is 0 Å². The minimum atomic E-state index is -0.0480. The monoisotopic (exact) mass is 335 g/mol. The van der Waals surface area contributed by atoms with Crippen LogP contribution >= 0.6 is 0 Å². The van der Waals surface area contributed by atoms with Gasteiger partial charge in [-0.05, 0) is 31.0 Å². The highest BCUT2D eigenvalue weighted by Crippen LogP contribution is 2.18. The molecular formula is C18H29N3O3. The van der Waals surface area contributed by atoms with Gasteiger partial charge in [-0.25, -0.2) is 4.79 Å². The van der Waals surface area contributed by atoms with E-state index in [1.165, 1.54) is 0 Å².